The number of carbonyl (C=O) groups is 2. The lowest BCUT2D eigenvalue weighted by molar-refractivity contribution is -0.122. The highest BCUT2D eigenvalue weighted by Gasteiger charge is 2.28. The van der Waals surface area contributed by atoms with E-state index in [-0.39, 0.29) is 18.5 Å². The van der Waals surface area contributed by atoms with Crippen LogP contribution in [0, 0.1) is 0 Å². The van der Waals surface area contributed by atoms with Gasteiger partial charge in [0.15, 0.2) is 6.61 Å². The molecule has 3 amide bonds. The molecule has 1 N–H and O–H groups in total. The number of hydrogen-bond acceptors (Lipinski definition) is 3. The van der Waals surface area contributed by atoms with Gasteiger partial charge in [0.05, 0.1) is 10.0 Å². The zero-order valence-corrected chi connectivity index (χ0v) is 19.0. The molecular formula is C22H22Cl3N3O3. The smallest absolute Gasteiger partial charge is 0.320 e. The first-order valence-corrected chi connectivity index (χ1v) is 10.8. The van der Waals surface area contributed by atoms with Gasteiger partial charge in [0.25, 0.3) is 5.91 Å². The molecule has 0 saturated carbocycles. The summed E-state index contributed by atoms with van der Waals surface area (Å²) in [6.45, 7) is 5.98. The van der Waals surface area contributed by atoms with Crippen LogP contribution in [0.3, 0.4) is 0 Å². The van der Waals surface area contributed by atoms with Gasteiger partial charge in [0.1, 0.15) is 5.75 Å². The molecule has 1 heterocycles. The highest BCUT2D eigenvalue weighted by atomic mass is 35.5. The van der Waals surface area contributed by atoms with Gasteiger partial charge in [-0.25, -0.2) is 4.79 Å². The van der Waals surface area contributed by atoms with Crippen molar-refractivity contribution >= 4 is 46.7 Å². The van der Waals surface area contributed by atoms with Crippen LogP contribution in [0.5, 0.6) is 5.75 Å². The van der Waals surface area contributed by atoms with E-state index in [1.807, 2.05) is 24.3 Å². The summed E-state index contributed by atoms with van der Waals surface area (Å²) in [5.74, 6) is 0.104. The van der Waals surface area contributed by atoms with Gasteiger partial charge >= 0.3 is 6.03 Å². The third kappa shape index (κ3) is 6.79. The number of halogens is 3. The van der Waals surface area contributed by atoms with Crippen molar-refractivity contribution in [3.05, 3.63) is 75.4 Å². The number of ether oxygens (including phenoxy) is 1. The molecule has 1 fully saturated rings. The molecule has 0 unspecified atom stereocenters. The molecule has 0 aliphatic carbocycles. The summed E-state index contributed by atoms with van der Waals surface area (Å²) in [6.07, 6.45) is 0.457. The third-order valence-electron chi connectivity index (χ3n) is 4.73. The second-order valence-corrected chi connectivity index (χ2v) is 8.33. The predicted octanol–water partition coefficient (Wildman–Crippen LogP) is 4.98. The number of hydrogen-bond donors (Lipinski definition) is 1. The summed E-state index contributed by atoms with van der Waals surface area (Å²) < 4.78 is 5.40. The lowest BCUT2D eigenvalue weighted by Gasteiger charge is -2.19. The maximum Gasteiger partial charge on any atom is 0.320 e. The Morgan fingerprint density at radius 3 is 2.45 bits per heavy atom. The van der Waals surface area contributed by atoms with Crippen LogP contribution in [-0.2, 0) is 11.3 Å². The van der Waals surface area contributed by atoms with Gasteiger partial charge in [-0.1, -0.05) is 53.5 Å². The third-order valence-corrected chi connectivity index (χ3v) is 5.72. The van der Waals surface area contributed by atoms with Crippen molar-refractivity contribution in [2.75, 3.05) is 26.2 Å². The first-order chi connectivity index (χ1) is 14.8. The molecule has 0 spiro atoms. The number of carbonyl (C=O) groups excluding carboxylic acids is 2. The zero-order valence-electron chi connectivity index (χ0n) is 16.7. The Labute approximate surface area is 196 Å². The first-order valence-electron chi connectivity index (χ1n) is 9.65. The average molecular weight is 483 g/mol. The molecule has 0 aromatic heterocycles. The monoisotopic (exact) mass is 481 g/mol. The summed E-state index contributed by atoms with van der Waals surface area (Å²) >= 11 is 17.7. The lowest BCUT2D eigenvalue weighted by Crippen LogP contribution is -2.34. The molecule has 1 aliphatic heterocycles. The topological polar surface area (TPSA) is 61.9 Å². The molecule has 2 aromatic carbocycles. The number of rotatable bonds is 9. The number of nitrogens with zero attached hydrogens (tertiary/aromatic N) is 2. The fourth-order valence-electron chi connectivity index (χ4n) is 3.08. The minimum absolute atomic E-state index is 0.0305. The Balaban J connectivity index is 1.38. The van der Waals surface area contributed by atoms with Gasteiger partial charge in [-0.3, -0.25) is 4.79 Å². The normalized spacial score (nSPS) is 13.5. The average Bonchev–Trinajstić information content (AvgIpc) is 3.08. The van der Waals surface area contributed by atoms with E-state index in [9.17, 15) is 9.59 Å². The fourth-order valence-corrected chi connectivity index (χ4v) is 3.49. The van der Waals surface area contributed by atoms with Crippen LogP contribution >= 0.6 is 34.8 Å². The van der Waals surface area contributed by atoms with Gasteiger partial charge in [-0.2, -0.15) is 0 Å². The zero-order chi connectivity index (χ0) is 22.4. The van der Waals surface area contributed by atoms with Crippen LogP contribution < -0.4 is 10.1 Å². The van der Waals surface area contributed by atoms with Gasteiger partial charge in [0, 0.05) is 49.4 Å². The van der Waals surface area contributed by atoms with E-state index in [1.165, 1.54) is 0 Å². The number of urea groups is 1. The summed E-state index contributed by atoms with van der Waals surface area (Å²) in [5, 5.41) is 4.12. The van der Waals surface area contributed by atoms with Crippen molar-refractivity contribution in [2.24, 2.45) is 0 Å². The van der Waals surface area contributed by atoms with Gasteiger partial charge in [0.2, 0.25) is 0 Å². The van der Waals surface area contributed by atoms with Crippen LogP contribution in [0.15, 0.2) is 54.7 Å². The Bertz CT molecular complexity index is 966. The summed E-state index contributed by atoms with van der Waals surface area (Å²) in [4.78, 5) is 28.2. The van der Waals surface area contributed by atoms with Crippen molar-refractivity contribution in [3.63, 3.8) is 0 Å². The van der Waals surface area contributed by atoms with E-state index in [0.29, 0.717) is 59.1 Å². The predicted molar refractivity (Wildman–Crippen MR) is 123 cm³/mol. The standard InChI is InChI=1S/C22H22Cl3N3O3/c1-15(26-21(29)14-31-18-6-7-19(24)20(25)12-18)8-9-27-10-11-28(22(27)30)13-16-2-4-17(23)5-3-16/h2-7,12H,1,8-11,13-14H2,(H,26,29). The largest absolute Gasteiger partial charge is 0.484 e. The van der Waals surface area contributed by atoms with Crippen LogP contribution in [0.4, 0.5) is 4.79 Å². The van der Waals surface area contributed by atoms with Gasteiger partial charge < -0.3 is 19.9 Å². The Hall–Kier alpha value is -2.41. The minimum atomic E-state index is -0.340. The number of amides is 3. The molecule has 9 heteroatoms. The highest BCUT2D eigenvalue weighted by Crippen LogP contribution is 2.26. The summed E-state index contributed by atoms with van der Waals surface area (Å²) in [5.41, 5.74) is 1.55. The van der Waals surface area contributed by atoms with E-state index >= 15 is 0 Å². The van der Waals surface area contributed by atoms with Crippen molar-refractivity contribution in [3.8, 4) is 5.75 Å². The molecule has 3 rings (SSSR count). The molecule has 164 valence electrons. The van der Waals surface area contributed by atoms with Crippen LogP contribution in [0.1, 0.15) is 12.0 Å². The van der Waals surface area contributed by atoms with Crippen LogP contribution in [0.25, 0.3) is 0 Å². The van der Waals surface area contributed by atoms with Crippen molar-refractivity contribution in [1.82, 2.24) is 15.1 Å². The van der Waals surface area contributed by atoms with Crippen LogP contribution in [0.2, 0.25) is 15.1 Å². The molecule has 1 saturated heterocycles. The van der Waals surface area contributed by atoms with E-state index in [4.69, 9.17) is 39.5 Å². The maximum absolute atomic E-state index is 12.6. The molecule has 1 aliphatic rings. The van der Waals surface area contributed by atoms with E-state index in [2.05, 4.69) is 11.9 Å². The first kappa shape index (κ1) is 23.3. The van der Waals surface area contributed by atoms with Crippen molar-refractivity contribution in [1.29, 1.82) is 0 Å². The summed E-state index contributed by atoms with van der Waals surface area (Å²) in [6, 6.07) is 12.2. The Morgan fingerprint density at radius 1 is 1.03 bits per heavy atom. The van der Waals surface area contributed by atoms with Gasteiger partial charge in [-0.15, -0.1) is 0 Å². The molecule has 31 heavy (non-hydrogen) atoms. The molecule has 6 nitrogen and oxygen atoms in total. The second kappa shape index (κ2) is 10.8. The number of benzene rings is 2. The second-order valence-electron chi connectivity index (χ2n) is 7.08. The Kier molecular flexibility index (Phi) is 8.07. The molecular weight excluding hydrogens is 461 g/mol. The quantitative estimate of drug-likeness (QED) is 0.548. The van der Waals surface area contributed by atoms with Crippen LogP contribution in [-0.4, -0.2) is 48.0 Å². The lowest BCUT2D eigenvalue weighted by atomic mass is 10.2. The molecule has 0 radical (unpaired) electrons. The Morgan fingerprint density at radius 2 is 1.74 bits per heavy atom. The van der Waals surface area contributed by atoms with Gasteiger partial charge in [-0.05, 0) is 29.8 Å². The van der Waals surface area contributed by atoms with E-state index in [0.717, 1.165) is 5.56 Å². The minimum Gasteiger partial charge on any atom is -0.484 e. The SMILES string of the molecule is C=C(CCN1CCN(Cc2ccc(Cl)cc2)C1=O)NC(=O)COc1ccc(Cl)c(Cl)c1. The number of nitrogens with one attached hydrogen (secondary N) is 1. The molecule has 0 atom stereocenters. The van der Waals surface area contributed by atoms with E-state index in [1.54, 1.807) is 28.0 Å². The van der Waals surface area contributed by atoms with Crippen molar-refractivity contribution < 1.29 is 14.3 Å². The maximum atomic E-state index is 12.6. The summed E-state index contributed by atoms with van der Waals surface area (Å²) in [7, 11) is 0. The fraction of sp³-hybridized carbons (Fsp3) is 0.273. The van der Waals surface area contributed by atoms with E-state index < -0.39 is 0 Å². The molecule has 2 aromatic rings. The highest BCUT2D eigenvalue weighted by molar-refractivity contribution is 6.42. The molecule has 0 bridgehead atoms. The van der Waals surface area contributed by atoms with Crippen molar-refractivity contribution in [2.45, 2.75) is 13.0 Å².